The van der Waals surface area contributed by atoms with Crippen LogP contribution in [0, 0.1) is 0 Å². The van der Waals surface area contributed by atoms with Crippen molar-refractivity contribution in [2.75, 3.05) is 6.61 Å². The first-order valence-electron chi connectivity index (χ1n) is 8.81. The van der Waals surface area contributed by atoms with Crippen molar-refractivity contribution in [2.24, 2.45) is 0 Å². The summed E-state index contributed by atoms with van der Waals surface area (Å²) >= 11 is 0. The molecular weight excluding hydrogens is 280 g/mol. The molecule has 0 aromatic heterocycles. The number of hydrogen-bond acceptors (Lipinski definition) is 1. The van der Waals surface area contributed by atoms with Gasteiger partial charge in [-0.3, -0.25) is 0 Å². The Balaban J connectivity index is 0. The first-order chi connectivity index (χ1) is 11.2. The Bertz CT molecular complexity index is 427. The van der Waals surface area contributed by atoms with Crippen LogP contribution >= 0.6 is 0 Å². The molecule has 23 heavy (non-hydrogen) atoms. The first kappa shape index (κ1) is 23.5. The Morgan fingerprint density at radius 1 is 1.13 bits per heavy atom. The van der Waals surface area contributed by atoms with E-state index >= 15 is 0 Å². The van der Waals surface area contributed by atoms with Gasteiger partial charge in [-0.05, 0) is 50.0 Å². The van der Waals surface area contributed by atoms with Gasteiger partial charge in [0.15, 0.2) is 0 Å². The van der Waals surface area contributed by atoms with Crippen LogP contribution in [-0.2, 0) is 11.2 Å². The number of hydrogen-bond donors (Lipinski definition) is 0. The molecule has 0 amide bonds. The van der Waals surface area contributed by atoms with Gasteiger partial charge >= 0.3 is 0 Å². The third-order valence-corrected chi connectivity index (χ3v) is 2.70. The molecule has 0 fully saturated rings. The highest BCUT2D eigenvalue weighted by molar-refractivity contribution is 5.23. The van der Waals surface area contributed by atoms with E-state index in [1.165, 1.54) is 12.0 Å². The summed E-state index contributed by atoms with van der Waals surface area (Å²) in [5.41, 5.74) is 2.48. The average Bonchev–Trinajstić information content (AvgIpc) is 2.60. The van der Waals surface area contributed by atoms with E-state index in [0.29, 0.717) is 0 Å². The number of rotatable bonds is 7. The van der Waals surface area contributed by atoms with Crippen LogP contribution in [0.3, 0.4) is 0 Å². The van der Waals surface area contributed by atoms with Crippen molar-refractivity contribution in [3.05, 3.63) is 72.0 Å². The molecule has 1 aromatic carbocycles. The zero-order valence-electron chi connectivity index (χ0n) is 16.1. The maximum Gasteiger partial charge on any atom is 0.115 e. The van der Waals surface area contributed by atoms with Crippen molar-refractivity contribution in [1.29, 1.82) is 0 Å². The molecule has 0 N–H and O–H groups in total. The second-order valence-corrected chi connectivity index (χ2v) is 4.93. The SMILES string of the molecule is C=C/C(C)=C\C(=C/C)OCCCc1ccccc1.CC.CCC. The van der Waals surface area contributed by atoms with Gasteiger partial charge in [0.25, 0.3) is 0 Å². The summed E-state index contributed by atoms with van der Waals surface area (Å²) in [7, 11) is 0. The fourth-order valence-corrected chi connectivity index (χ4v) is 1.60. The molecule has 0 saturated heterocycles. The van der Waals surface area contributed by atoms with E-state index < -0.39 is 0 Å². The summed E-state index contributed by atoms with van der Waals surface area (Å²) in [4.78, 5) is 0. The van der Waals surface area contributed by atoms with Crippen molar-refractivity contribution in [3.8, 4) is 0 Å². The molecule has 0 atom stereocenters. The molecular formula is C22H36O. The zero-order valence-corrected chi connectivity index (χ0v) is 16.1. The lowest BCUT2D eigenvalue weighted by atomic mass is 10.1. The van der Waals surface area contributed by atoms with Crippen LogP contribution < -0.4 is 0 Å². The Hall–Kier alpha value is -1.76. The number of aryl methyl sites for hydroxylation is 1. The molecule has 0 spiro atoms. The van der Waals surface area contributed by atoms with Crippen molar-refractivity contribution < 1.29 is 4.74 Å². The molecule has 0 aliphatic carbocycles. The van der Waals surface area contributed by atoms with Gasteiger partial charge in [-0.2, -0.15) is 0 Å². The van der Waals surface area contributed by atoms with Gasteiger partial charge in [-0.25, -0.2) is 0 Å². The van der Waals surface area contributed by atoms with Crippen molar-refractivity contribution in [1.82, 2.24) is 0 Å². The second kappa shape index (κ2) is 18.3. The van der Waals surface area contributed by atoms with E-state index in [0.717, 1.165) is 30.8 Å². The average molecular weight is 317 g/mol. The molecule has 1 heteroatoms. The van der Waals surface area contributed by atoms with E-state index in [4.69, 9.17) is 4.74 Å². The fourth-order valence-electron chi connectivity index (χ4n) is 1.60. The highest BCUT2D eigenvalue weighted by atomic mass is 16.5. The molecule has 1 rings (SSSR count). The minimum absolute atomic E-state index is 0.746. The zero-order chi connectivity index (χ0) is 17.9. The van der Waals surface area contributed by atoms with Crippen LogP contribution in [-0.4, -0.2) is 6.61 Å². The minimum Gasteiger partial charge on any atom is -0.494 e. The summed E-state index contributed by atoms with van der Waals surface area (Å²) in [6.45, 7) is 16.7. The van der Waals surface area contributed by atoms with Gasteiger partial charge in [0.2, 0.25) is 0 Å². The summed E-state index contributed by atoms with van der Waals surface area (Å²) in [6.07, 6.45) is 9.16. The molecule has 0 aliphatic heterocycles. The van der Waals surface area contributed by atoms with E-state index in [1.54, 1.807) is 0 Å². The molecule has 0 unspecified atom stereocenters. The summed E-state index contributed by atoms with van der Waals surface area (Å²) in [5, 5.41) is 0. The quantitative estimate of drug-likeness (QED) is 0.296. The smallest absolute Gasteiger partial charge is 0.115 e. The summed E-state index contributed by atoms with van der Waals surface area (Å²) < 4.78 is 5.72. The van der Waals surface area contributed by atoms with Crippen LogP contribution in [0.25, 0.3) is 0 Å². The summed E-state index contributed by atoms with van der Waals surface area (Å²) in [6, 6.07) is 10.5. The number of allylic oxidation sites excluding steroid dienone is 4. The molecule has 1 aromatic rings. The van der Waals surface area contributed by atoms with Crippen LogP contribution in [0.5, 0.6) is 0 Å². The topological polar surface area (TPSA) is 9.23 Å². The predicted molar refractivity (Wildman–Crippen MR) is 106 cm³/mol. The van der Waals surface area contributed by atoms with Crippen molar-refractivity contribution >= 4 is 0 Å². The van der Waals surface area contributed by atoms with Gasteiger partial charge in [0, 0.05) is 0 Å². The Morgan fingerprint density at radius 2 is 1.70 bits per heavy atom. The maximum atomic E-state index is 5.72. The predicted octanol–water partition coefficient (Wildman–Crippen LogP) is 7.11. The lowest BCUT2D eigenvalue weighted by Crippen LogP contribution is -1.96. The van der Waals surface area contributed by atoms with Gasteiger partial charge in [0.1, 0.15) is 5.76 Å². The largest absolute Gasteiger partial charge is 0.494 e. The number of ether oxygens (including phenoxy) is 1. The maximum absolute atomic E-state index is 5.72. The second-order valence-electron chi connectivity index (χ2n) is 4.93. The third-order valence-electron chi connectivity index (χ3n) is 2.70. The fraction of sp³-hybridized carbons (Fsp3) is 0.455. The monoisotopic (exact) mass is 316 g/mol. The van der Waals surface area contributed by atoms with Crippen LogP contribution in [0.15, 0.2) is 66.5 Å². The molecule has 1 nitrogen and oxygen atoms in total. The van der Waals surface area contributed by atoms with Gasteiger partial charge in [0.05, 0.1) is 6.61 Å². The molecule has 0 saturated carbocycles. The standard InChI is InChI=1S/C17H22O.C3H8.C2H6/c1-4-15(3)14-17(5-2)18-13-9-12-16-10-7-6-8-11-16;1-3-2;1-2/h4-8,10-11,14H,1,9,12-13H2,2-3H3;3H2,1-2H3;1-2H3/b15-14-,17-5+;;. The molecule has 0 bridgehead atoms. The lowest BCUT2D eigenvalue weighted by molar-refractivity contribution is 0.220. The normalized spacial score (nSPS) is 10.7. The van der Waals surface area contributed by atoms with Gasteiger partial charge in [-0.1, -0.05) is 77.1 Å². The molecule has 0 heterocycles. The number of benzene rings is 1. The van der Waals surface area contributed by atoms with E-state index in [-0.39, 0.29) is 0 Å². The van der Waals surface area contributed by atoms with E-state index in [1.807, 2.05) is 52.0 Å². The molecule has 0 aliphatic rings. The Morgan fingerprint density at radius 3 is 2.17 bits per heavy atom. The van der Waals surface area contributed by atoms with Crippen LogP contribution in [0.2, 0.25) is 0 Å². The van der Waals surface area contributed by atoms with Crippen LogP contribution in [0.4, 0.5) is 0 Å². The summed E-state index contributed by atoms with van der Waals surface area (Å²) in [5.74, 6) is 0.917. The molecule has 130 valence electrons. The van der Waals surface area contributed by atoms with Crippen molar-refractivity contribution in [3.63, 3.8) is 0 Å². The van der Waals surface area contributed by atoms with Gasteiger partial charge < -0.3 is 4.74 Å². The van der Waals surface area contributed by atoms with E-state index in [9.17, 15) is 0 Å². The highest BCUT2D eigenvalue weighted by Gasteiger charge is 1.95. The Kier molecular flexibility index (Phi) is 18.7. The molecule has 0 radical (unpaired) electrons. The van der Waals surface area contributed by atoms with Crippen LogP contribution in [0.1, 0.15) is 59.9 Å². The lowest BCUT2D eigenvalue weighted by Gasteiger charge is -2.07. The third kappa shape index (κ3) is 14.9. The van der Waals surface area contributed by atoms with Crippen molar-refractivity contribution in [2.45, 2.75) is 60.8 Å². The highest BCUT2D eigenvalue weighted by Crippen LogP contribution is 2.08. The Labute approximate surface area is 144 Å². The van der Waals surface area contributed by atoms with E-state index in [2.05, 4.69) is 44.7 Å². The minimum atomic E-state index is 0.746. The van der Waals surface area contributed by atoms with Gasteiger partial charge in [-0.15, -0.1) is 0 Å². The first-order valence-corrected chi connectivity index (χ1v) is 8.81.